The minimum atomic E-state index is -0.870. The molecule has 7 nitrogen and oxygen atoms in total. The molecule has 27 heavy (non-hydrogen) atoms. The van der Waals surface area contributed by atoms with E-state index in [1.807, 2.05) is 58.2 Å². The van der Waals surface area contributed by atoms with Crippen molar-refractivity contribution < 1.29 is 28.5 Å². The van der Waals surface area contributed by atoms with Gasteiger partial charge in [-0.25, -0.2) is 0 Å². The Morgan fingerprint density at radius 2 is 1.59 bits per heavy atom. The minimum absolute atomic E-state index is 0.292. The molecule has 3 fully saturated rings. The van der Waals surface area contributed by atoms with Crippen molar-refractivity contribution in [1.29, 1.82) is 0 Å². The molecule has 4 rings (SSSR count). The van der Waals surface area contributed by atoms with E-state index in [9.17, 15) is 4.79 Å². The fourth-order valence-corrected chi connectivity index (χ4v) is 4.33. The quantitative estimate of drug-likeness (QED) is 0.789. The molecule has 1 N–H and O–H groups in total. The van der Waals surface area contributed by atoms with Crippen LogP contribution in [-0.2, 0) is 28.5 Å². The molecule has 1 aromatic rings. The van der Waals surface area contributed by atoms with Gasteiger partial charge in [0.2, 0.25) is 0 Å². The summed E-state index contributed by atoms with van der Waals surface area (Å²) in [5, 5.41) is 2.96. The number of anilines is 1. The van der Waals surface area contributed by atoms with Crippen LogP contribution in [0.25, 0.3) is 0 Å². The van der Waals surface area contributed by atoms with Crippen LogP contribution in [0.1, 0.15) is 27.7 Å². The van der Waals surface area contributed by atoms with Crippen LogP contribution >= 0.6 is 11.8 Å². The van der Waals surface area contributed by atoms with Crippen molar-refractivity contribution in [2.45, 2.75) is 74.9 Å². The highest BCUT2D eigenvalue weighted by molar-refractivity contribution is 7.98. The zero-order chi connectivity index (χ0) is 19.4. The molecule has 0 aliphatic carbocycles. The number of rotatable bonds is 3. The number of para-hydroxylation sites is 1. The largest absolute Gasteiger partial charge is 0.342 e. The summed E-state index contributed by atoms with van der Waals surface area (Å²) in [6, 6.07) is 7.63. The first-order valence-corrected chi connectivity index (χ1v) is 10.2. The summed E-state index contributed by atoms with van der Waals surface area (Å²) < 4.78 is 29.8. The molecule has 0 saturated carbocycles. The van der Waals surface area contributed by atoms with Crippen LogP contribution in [0.2, 0.25) is 0 Å². The molecule has 0 aromatic heterocycles. The molecule has 1 aromatic carbocycles. The third-order valence-electron chi connectivity index (χ3n) is 4.78. The van der Waals surface area contributed by atoms with Gasteiger partial charge in [0.1, 0.15) is 18.3 Å². The number of hydrogen-bond donors (Lipinski definition) is 1. The number of ether oxygens (including phenoxy) is 5. The van der Waals surface area contributed by atoms with Crippen molar-refractivity contribution in [2.75, 3.05) is 11.6 Å². The molecule has 0 radical (unpaired) electrons. The van der Waals surface area contributed by atoms with Gasteiger partial charge in [0.25, 0.3) is 5.91 Å². The van der Waals surface area contributed by atoms with Crippen LogP contribution in [0.15, 0.2) is 29.2 Å². The number of hydrogen-bond acceptors (Lipinski definition) is 7. The Bertz CT molecular complexity index is 739. The van der Waals surface area contributed by atoms with Gasteiger partial charge in [-0.1, -0.05) is 12.1 Å². The number of benzene rings is 1. The van der Waals surface area contributed by atoms with Crippen LogP contribution in [0, 0.1) is 0 Å². The van der Waals surface area contributed by atoms with Gasteiger partial charge in [0.05, 0.1) is 5.69 Å². The average Bonchev–Trinajstić information content (AvgIpc) is 3.08. The number of nitrogens with one attached hydrogen (secondary N) is 1. The van der Waals surface area contributed by atoms with Crippen molar-refractivity contribution in [3.63, 3.8) is 0 Å². The summed E-state index contributed by atoms with van der Waals surface area (Å²) in [5.41, 5.74) is 0.736. The second-order valence-electron chi connectivity index (χ2n) is 7.78. The Kier molecular flexibility index (Phi) is 4.77. The molecular formula is C19H25NO6S. The number of fused-ring (bicyclic) bond motifs is 3. The smallest absolute Gasteiger partial charge is 0.256 e. The second-order valence-corrected chi connectivity index (χ2v) is 8.63. The Hall–Kier alpha value is -1.16. The first kappa shape index (κ1) is 19.2. The lowest BCUT2D eigenvalue weighted by Gasteiger charge is -2.36. The highest BCUT2D eigenvalue weighted by atomic mass is 32.2. The van der Waals surface area contributed by atoms with Crippen LogP contribution in [0.5, 0.6) is 0 Å². The van der Waals surface area contributed by atoms with Gasteiger partial charge in [-0.15, -0.1) is 11.8 Å². The van der Waals surface area contributed by atoms with Crippen LogP contribution < -0.4 is 5.32 Å². The fraction of sp³-hybridized carbons (Fsp3) is 0.632. The van der Waals surface area contributed by atoms with Crippen LogP contribution in [0.4, 0.5) is 5.69 Å². The van der Waals surface area contributed by atoms with Gasteiger partial charge in [0, 0.05) is 4.90 Å². The lowest BCUT2D eigenvalue weighted by Crippen LogP contribution is -2.58. The Labute approximate surface area is 163 Å². The first-order valence-electron chi connectivity index (χ1n) is 9.00. The van der Waals surface area contributed by atoms with Gasteiger partial charge < -0.3 is 29.0 Å². The lowest BCUT2D eigenvalue weighted by atomic mass is 9.98. The monoisotopic (exact) mass is 395 g/mol. The van der Waals surface area contributed by atoms with E-state index >= 15 is 0 Å². The Morgan fingerprint density at radius 3 is 2.33 bits per heavy atom. The maximum atomic E-state index is 13.1. The van der Waals surface area contributed by atoms with E-state index in [0.29, 0.717) is 0 Å². The SMILES string of the molecule is CSc1ccccc1NC(=O)[C@H]1O[C@H]2OC(C)(C)O[C@@H]2[C@@H]2OC(C)(C)O[C@@H]21. The highest BCUT2D eigenvalue weighted by Crippen LogP contribution is 2.44. The predicted octanol–water partition coefficient (Wildman–Crippen LogP) is 2.74. The zero-order valence-electron chi connectivity index (χ0n) is 16.1. The maximum absolute atomic E-state index is 13.1. The summed E-state index contributed by atoms with van der Waals surface area (Å²) in [7, 11) is 0. The number of carbonyl (C=O) groups excluding carboxylic acids is 1. The van der Waals surface area contributed by atoms with Crippen LogP contribution in [0.3, 0.4) is 0 Å². The van der Waals surface area contributed by atoms with Crippen molar-refractivity contribution in [3.8, 4) is 0 Å². The molecule has 1 amide bonds. The van der Waals surface area contributed by atoms with Gasteiger partial charge in [0.15, 0.2) is 24.0 Å². The third-order valence-corrected chi connectivity index (χ3v) is 5.57. The predicted molar refractivity (Wildman–Crippen MR) is 99.4 cm³/mol. The number of thioether (sulfide) groups is 1. The van der Waals surface area contributed by atoms with E-state index in [4.69, 9.17) is 23.7 Å². The topological polar surface area (TPSA) is 75.3 Å². The molecule has 3 heterocycles. The van der Waals surface area contributed by atoms with Gasteiger partial charge in [-0.3, -0.25) is 4.79 Å². The number of carbonyl (C=O) groups is 1. The Balaban J connectivity index is 1.59. The van der Waals surface area contributed by atoms with Gasteiger partial charge in [-0.05, 0) is 46.1 Å². The van der Waals surface area contributed by atoms with Crippen molar-refractivity contribution in [1.82, 2.24) is 0 Å². The third kappa shape index (κ3) is 3.62. The van der Waals surface area contributed by atoms with Crippen LogP contribution in [-0.4, -0.2) is 54.4 Å². The van der Waals surface area contributed by atoms with E-state index in [1.54, 1.807) is 11.8 Å². The van der Waals surface area contributed by atoms with E-state index in [1.165, 1.54) is 0 Å². The second kappa shape index (κ2) is 6.72. The molecule has 3 saturated heterocycles. The highest BCUT2D eigenvalue weighted by Gasteiger charge is 2.62. The Morgan fingerprint density at radius 1 is 0.963 bits per heavy atom. The summed E-state index contributed by atoms with van der Waals surface area (Å²) in [6.07, 6.45) is -1.08. The summed E-state index contributed by atoms with van der Waals surface area (Å²) in [5.74, 6) is -1.94. The van der Waals surface area contributed by atoms with E-state index in [-0.39, 0.29) is 5.91 Å². The van der Waals surface area contributed by atoms with E-state index < -0.39 is 42.3 Å². The summed E-state index contributed by atoms with van der Waals surface area (Å²) in [6.45, 7) is 7.27. The van der Waals surface area contributed by atoms with Gasteiger partial charge >= 0.3 is 0 Å². The molecule has 3 aliphatic rings. The van der Waals surface area contributed by atoms with Crippen molar-refractivity contribution in [2.24, 2.45) is 0 Å². The summed E-state index contributed by atoms with van der Waals surface area (Å²) >= 11 is 1.56. The molecule has 148 valence electrons. The molecule has 0 unspecified atom stereocenters. The normalized spacial score (nSPS) is 36.1. The van der Waals surface area contributed by atoms with Gasteiger partial charge in [-0.2, -0.15) is 0 Å². The molecule has 0 spiro atoms. The molecule has 3 aliphatic heterocycles. The first-order chi connectivity index (χ1) is 12.7. The molecule has 0 bridgehead atoms. The maximum Gasteiger partial charge on any atom is 0.256 e. The van der Waals surface area contributed by atoms with Crippen molar-refractivity contribution >= 4 is 23.4 Å². The number of amides is 1. The summed E-state index contributed by atoms with van der Waals surface area (Å²) in [4.78, 5) is 14.0. The van der Waals surface area contributed by atoms with Crippen molar-refractivity contribution in [3.05, 3.63) is 24.3 Å². The molecular weight excluding hydrogens is 370 g/mol. The standard InChI is InChI=1S/C19H25NO6S/c1-18(2)23-12-13(24-18)15-17(26-19(3,4)25-15)22-14(12)16(21)20-10-8-6-7-9-11(10)27-5/h6-9,12-15,17H,1-5H3,(H,20,21)/t12-,13+,14-,15+,17-/m0/s1. The molecule has 5 atom stereocenters. The average molecular weight is 395 g/mol. The fourth-order valence-electron chi connectivity index (χ4n) is 3.78. The lowest BCUT2D eigenvalue weighted by molar-refractivity contribution is -0.229. The van der Waals surface area contributed by atoms with E-state index in [0.717, 1.165) is 10.6 Å². The zero-order valence-corrected chi connectivity index (χ0v) is 16.9. The minimum Gasteiger partial charge on any atom is -0.342 e. The van der Waals surface area contributed by atoms with E-state index in [2.05, 4.69) is 5.32 Å². The molecule has 8 heteroatoms.